The van der Waals surface area contributed by atoms with Crippen LogP contribution in [0.3, 0.4) is 0 Å². The minimum Gasteiger partial charge on any atom is -0.351 e. The van der Waals surface area contributed by atoms with Crippen LogP contribution < -0.4 is 5.32 Å². The van der Waals surface area contributed by atoms with E-state index >= 15 is 0 Å². The number of benzene rings is 2. The molecule has 10 nitrogen and oxygen atoms in total. The van der Waals surface area contributed by atoms with Crippen molar-refractivity contribution in [3.8, 4) is 5.69 Å². The lowest BCUT2D eigenvalue weighted by atomic mass is 10.1. The maximum atomic E-state index is 12.1. The molecular formula is C22H21N7O3S. The van der Waals surface area contributed by atoms with Crippen LogP contribution in [0.15, 0.2) is 77.3 Å². The summed E-state index contributed by atoms with van der Waals surface area (Å²) in [5.41, 5.74) is 2.82. The number of aromatic nitrogens is 4. The molecule has 0 saturated carbocycles. The van der Waals surface area contributed by atoms with Crippen molar-refractivity contribution in [1.29, 1.82) is 0 Å². The number of nitrogens with one attached hydrogen (secondary N) is 1. The molecule has 4 rings (SSSR count). The van der Waals surface area contributed by atoms with Gasteiger partial charge in [0.1, 0.15) is 16.2 Å². The molecule has 0 spiro atoms. The van der Waals surface area contributed by atoms with E-state index in [0.29, 0.717) is 29.0 Å². The summed E-state index contributed by atoms with van der Waals surface area (Å²) in [6.07, 6.45) is 4.22. The summed E-state index contributed by atoms with van der Waals surface area (Å²) in [7, 11) is -3.12. The van der Waals surface area contributed by atoms with Crippen LogP contribution in [0.5, 0.6) is 0 Å². The molecule has 33 heavy (non-hydrogen) atoms. The van der Waals surface area contributed by atoms with Crippen LogP contribution in [-0.4, -0.2) is 52.6 Å². The lowest BCUT2D eigenvalue weighted by Gasteiger charge is -2.05. The zero-order valence-corrected chi connectivity index (χ0v) is 18.6. The van der Waals surface area contributed by atoms with Gasteiger partial charge in [0.15, 0.2) is 11.5 Å². The molecule has 0 aliphatic rings. The third-order valence-electron chi connectivity index (χ3n) is 4.74. The molecule has 4 aromatic rings. The quantitative estimate of drug-likeness (QED) is 0.400. The van der Waals surface area contributed by atoms with Gasteiger partial charge < -0.3 is 5.32 Å². The highest BCUT2D eigenvalue weighted by Gasteiger charge is 2.11. The van der Waals surface area contributed by atoms with Crippen molar-refractivity contribution in [2.75, 3.05) is 18.6 Å². The first-order chi connectivity index (χ1) is 15.9. The van der Waals surface area contributed by atoms with Gasteiger partial charge in [-0.3, -0.25) is 4.79 Å². The summed E-state index contributed by atoms with van der Waals surface area (Å²) in [6.45, 7) is 0.371. The molecule has 0 saturated heterocycles. The molecule has 0 fully saturated rings. The molecule has 0 bridgehead atoms. The van der Waals surface area contributed by atoms with Crippen molar-refractivity contribution in [2.24, 2.45) is 10.2 Å². The molecule has 1 amide bonds. The highest BCUT2D eigenvalue weighted by Crippen LogP contribution is 2.24. The fourth-order valence-corrected chi connectivity index (χ4v) is 3.54. The number of azo groups is 1. The second-order valence-corrected chi connectivity index (χ2v) is 9.57. The fraction of sp³-hybridized carbons (Fsp3) is 0.182. The van der Waals surface area contributed by atoms with Crippen LogP contribution in [-0.2, 0) is 16.4 Å². The summed E-state index contributed by atoms with van der Waals surface area (Å²) in [5.74, 6) is -0.00713. The smallest absolute Gasteiger partial charge is 0.251 e. The molecule has 1 N–H and O–H groups in total. The minimum absolute atomic E-state index is 0.0713. The number of nitrogens with zero attached hydrogens (tertiary/aromatic N) is 6. The van der Waals surface area contributed by atoms with E-state index < -0.39 is 9.84 Å². The summed E-state index contributed by atoms with van der Waals surface area (Å²) in [6, 6.07) is 16.5. The van der Waals surface area contributed by atoms with Gasteiger partial charge in [0.2, 0.25) is 0 Å². The highest BCUT2D eigenvalue weighted by molar-refractivity contribution is 7.90. The number of fused-ring (bicyclic) bond motifs is 1. The molecule has 0 atom stereocenters. The van der Waals surface area contributed by atoms with Gasteiger partial charge in [-0.05, 0) is 29.8 Å². The Morgan fingerprint density at radius 1 is 1.06 bits per heavy atom. The van der Waals surface area contributed by atoms with E-state index in [-0.39, 0.29) is 18.2 Å². The van der Waals surface area contributed by atoms with Crippen LogP contribution in [0.1, 0.15) is 15.9 Å². The third-order valence-corrected chi connectivity index (χ3v) is 5.68. The third kappa shape index (κ3) is 5.63. The predicted octanol–water partition coefficient (Wildman–Crippen LogP) is 2.87. The zero-order valence-electron chi connectivity index (χ0n) is 17.8. The van der Waals surface area contributed by atoms with Crippen molar-refractivity contribution in [2.45, 2.75) is 6.54 Å². The van der Waals surface area contributed by atoms with Gasteiger partial charge in [0, 0.05) is 18.4 Å². The van der Waals surface area contributed by atoms with Crippen LogP contribution >= 0.6 is 0 Å². The van der Waals surface area contributed by atoms with Crippen molar-refractivity contribution < 1.29 is 13.2 Å². The second-order valence-electron chi connectivity index (χ2n) is 7.31. The zero-order chi connectivity index (χ0) is 23.3. The maximum Gasteiger partial charge on any atom is 0.251 e. The van der Waals surface area contributed by atoms with Crippen LogP contribution in [0.4, 0.5) is 5.82 Å². The number of para-hydroxylation sites is 1. The Labute approximate surface area is 190 Å². The number of hydrogen-bond donors (Lipinski definition) is 1. The van der Waals surface area contributed by atoms with E-state index in [1.165, 1.54) is 6.33 Å². The number of carbonyl (C=O) groups excluding carboxylic acids is 1. The van der Waals surface area contributed by atoms with Gasteiger partial charge in [-0.25, -0.2) is 23.1 Å². The Morgan fingerprint density at radius 2 is 1.82 bits per heavy atom. The topological polar surface area (TPSA) is 132 Å². The molecule has 0 aliphatic heterocycles. The van der Waals surface area contributed by atoms with Crippen molar-refractivity contribution >= 4 is 32.6 Å². The molecule has 0 radical (unpaired) electrons. The number of amides is 1. The molecule has 11 heteroatoms. The largest absolute Gasteiger partial charge is 0.351 e. The minimum atomic E-state index is -3.12. The van der Waals surface area contributed by atoms with Gasteiger partial charge in [-0.15, -0.1) is 5.11 Å². The van der Waals surface area contributed by atoms with Gasteiger partial charge >= 0.3 is 0 Å². The Balaban J connectivity index is 1.41. The molecule has 0 aliphatic carbocycles. The van der Waals surface area contributed by atoms with Crippen LogP contribution in [0, 0.1) is 0 Å². The SMILES string of the molecule is CS(=O)(=O)CCNC(=O)c1ccc(CN=Nc2ncnc3c2cnn3-c2ccccc2)cc1. The van der Waals surface area contributed by atoms with Crippen LogP contribution in [0.2, 0.25) is 0 Å². The standard InChI is InChI=1S/C22H21N7O3S/c1-33(31,32)12-11-23-22(30)17-9-7-16(8-10-17)13-26-28-20-19-14-27-29(21(19)25-15-24-20)18-5-3-2-4-6-18/h2-10,14-15H,11-13H2,1H3,(H,23,30). The summed E-state index contributed by atoms with van der Waals surface area (Å²) in [4.78, 5) is 20.6. The van der Waals surface area contributed by atoms with E-state index in [1.54, 1.807) is 35.1 Å². The molecule has 168 valence electrons. The normalized spacial score (nSPS) is 11.8. The van der Waals surface area contributed by atoms with Crippen molar-refractivity contribution in [3.05, 3.63) is 78.2 Å². The molecule has 2 aromatic heterocycles. The Morgan fingerprint density at radius 3 is 2.55 bits per heavy atom. The predicted molar refractivity (Wildman–Crippen MR) is 123 cm³/mol. The van der Waals surface area contributed by atoms with Crippen molar-refractivity contribution in [3.63, 3.8) is 0 Å². The fourth-order valence-electron chi connectivity index (χ4n) is 3.07. The Hall–Kier alpha value is -3.99. The monoisotopic (exact) mass is 463 g/mol. The second kappa shape index (κ2) is 9.65. The molecule has 2 heterocycles. The van der Waals surface area contributed by atoms with Crippen LogP contribution in [0.25, 0.3) is 16.7 Å². The van der Waals surface area contributed by atoms with Gasteiger partial charge in [0.05, 0.1) is 29.6 Å². The number of carbonyl (C=O) groups is 1. The van der Waals surface area contributed by atoms with E-state index in [0.717, 1.165) is 17.5 Å². The average Bonchev–Trinajstić information content (AvgIpc) is 3.24. The van der Waals surface area contributed by atoms with E-state index in [9.17, 15) is 13.2 Å². The first-order valence-corrected chi connectivity index (χ1v) is 12.1. The molecule has 2 aromatic carbocycles. The first-order valence-electron chi connectivity index (χ1n) is 10.1. The average molecular weight is 464 g/mol. The number of sulfone groups is 1. The highest BCUT2D eigenvalue weighted by atomic mass is 32.2. The lowest BCUT2D eigenvalue weighted by molar-refractivity contribution is 0.0956. The Bertz CT molecular complexity index is 1400. The van der Waals surface area contributed by atoms with E-state index in [2.05, 4.69) is 30.6 Å². The molecule has 0 unspecified atom stereocenters. The molecular weight excluding hydrogens is 442 g/mol. The summed E-state index contributed by atoms with van der Waals surface area (Å²) < 4.78 is 24.0. The summed E-state index contributed by atoms with van der Waals surface area (Å²) >= 11 is 0. The van der Waals surface area contributed by atoms with Crippen molar-refractivity contribution in [1.82, 2.24) is 25.1 Å². The van der Waals surface area contributed by atoms with Gasteiger partial charge in [0.25, 0.3) is 5.91 Å². The van der Waals surface area contributed by atoms with E-state index in [4.69, 9.17) is 0 Å². The first kappa shape index (κ1) is 22.2. The van der Waals surface area contributed by atoms with Gasteiger partial charge in [-0.2, -0.15) is 10.2 Å². The van der Waals surface area contributed by atoms with Gasteiger partial charge in [-0.1, -0.05) is 30.3 Å². The number of rotatable bonds is 8. The maximum absolute atomic E-state index is 12.1. The Kier molecular flexibility index (Phi) is 6.50. The van der Waals surface area contributed by atoms with E-state index in [1.807, 2.05) is 30.3 Å². The summed E-state index contributed by atoms with van der Waals surface area (Å²) in [5, 5.41) is 16.1. The lowest BCUT2D eigenvalue weighted by Crippen LogP contribution is -2.28. The number of hydrogen-bond acceptors (Lipinski definition) is 8.